The maximum absolute atomic E-state index is 11.6. The summed E-state index contributed by atoms with van der Waals surface area (Å²) in [5.41, 5.74) is -0.113. The Labute approximate surface area is 112 Å². The van der Waals surface area contributed by atoms with Crippen LogP contribution in [0.3, 0.4) is 0 Å². The number of carbonyl (C=O) groups excluding carboxylic acids is 1. The van der Waals surface area contributed by atoms with Crippen molar-refractivity contribution in [3.63, 3.8) is 0 Å². The molecule has 0 radical (unpaired) electrons. The fourth-order valence-corrected chi connectivity index (χ4v) is 2.56. The van der Waals surface area contributed by atoms with Gasteiger partial charge < -0.3 is 10.6 Å². The topological polar surface area (TPSA) is 41.1 Å². The maximum atomic E-state index is 11.6. The van der Waals surface area contributed by atoms with Gasteiger partial charge in [0.05, 0.1) is 0 Å². The van der Waals surface area contributed by atoms with Crippen molar-refractivity contribution >= 4 is 5.91 Å². The lowest BCUT2D eigenvalue weighted by atomic mass is 10.0. The summed E-state index contributed by atoms with van der Waals surface area (Å²) in [6.45, 7) is 7.94. The molecule has 0 spiro atoms. The predicted molar refractivity (Wildman–Crippen MR) is 76.6 cm³/mol. The highest BCUT2D eigenvalue weighted by Crippen LogP contribution is 2.21. The highest BCUT2D eigenvalue weighted by Gasteiger charge is 2.14. The van der Waals surface area contributed by atoms with Crippen molar-refractivity contribution in [2.24, 2.45) is 5.92 Å². The van der Waals surface area contributed by atoms with E-state index in [9.17, 15) is 4.79 Å². The summed E-state index contributed by atoms with van der Waals surface area (Å²) in [6.07, 6.45) is 8.90. The Morgan fingerprint density at radius 1 is 1.11 bits per heavy atom. The van der Waals surface area contributed by atoms with Crippen molar-refractivity contribution in [2.45, 2.75) is 71.3 Å². The van der Waals surface area contributed by atoms with Crippen LogP contribution in [0.2, 0.25) is 0 Å². The molecule has 0 aromatic carbocycles. The normalized spacial score (nSPS) is 18.4. The molecular weight excluding hydrogens is 224 g/mol. The summed E-state index contributed by atoms with van der Waals surface area (Å²) in [7, 11) is 0. The van der Waals surface area contributed by atoms with Gasteiger partial charge in [-0.2, -0.15) is 0 Å². The molecule has 0 saturated heterocycles. The van der Waals surface area contributed by atoms with E-state index in [2.05, 4.69) is 10.6 Å². The number of rotatable bonds is 5. The van der Waals surface area contributed by atoms with Gasteiger partial charge in [0.2, 0.25) is 5.91 Å². The first-order valence-electron chi connectivity index (χ1n) is 7.49. The van der Waals surface area contributed by atoms with E-state index in [-0.39, 0.29) is 11.4 Å². The molecule has 1 amide bonds. The van der Waals surface area contributed by atoms with Gasteiger partial charge in [0.25, 0.3) is 0 Å². The van der Waals surface area contributed by atoms with Crippen LogP contribution in [0, 0.1) is 5.92 Å². The minimum absolute atomic E-state index is 0.113. The Morgan fingerprint density at radius 3 is 2.28 bits per heavy atom. The fourth-order valence-electron chi connectivity index (χ4n) is 2.56. The zero-order valence-corrected chi connectivity index (χ0v) is 12.3. The SMILES string of the molecule is CC(C)(C)NC(=O)CCNCC1CCCCCC1. The molecule has 3 heteroatoms. The second-order valence-electron chi connectivity index (χ2n) is 6.61. The molecule has 0 unspecified atom stereocenters. The van der Waals surface area contributed by atoms with Crippen LogP contribution >= 0.6 is 0 Å². The molecule has 0 aromatic heterocycles. The molecule has 1 rings (SSSR count). The molecule has 18 heavy (non-hydrogen) atoms. The first kappa shape index (κ1) is 15.5. The van der Waals surface area contributed by atoms with Crippen LogP contribution in [0.4, 0.5) is 0 Å². The van der Waals surface area contributed by atoms with E-state index in [1.165, 1.54) is 38.5 Å². The number of amides is 1. The van der Waals surface area contributed by atoms with Gasteiger partial charge in [-0.3, -0.25) is 4.79 Å². The number of hydrogen-bond acceptors (Lipinski definition) is 2. The van der Waals surface area contributed by atoms with Crippen LogP contribution in [0.25, 0.3) is 0 Å². The average molecular weight is 254 g/mol. The van der Waals surface area contributed by atoms with Crippen LogP contribution in [0.1, 0.15) is 65.7 Å². The average Bonchev–Trinajstić information content (AvgIpc) is 2.50. The van der Waals surface area contributed by atoms with Crippen molar-refractivity contribution < 1.29 is 4.79 Å². The number of nitrogens with one attached hydrogen (secondary N) is 2. The molecule has 106 valence electrons. The summed E-state index contributed by atoms with van der Waals surface area (Å²) < 4.78 is 0. The molecule has 0 aromatic rings. The lowest BCUT2D eigenvalue weighted by molar-refractivity contribution is -0.122. The second kappa shape index (κ2) is 7.78. The fraction of sp³-hybridized carbons (Fsp3) is 0.933. The Hall–Kier alpha value is -0.570. The van der Waals surface area contributed by atoms with Gasteiger partial charge in [-0.1, -0.05) is 25.7 Å². The zero-order chi connectivity index (χ0) is 13.4. The van der Waals surface area contributed by atoms with Gasteiger partial charge >= 0.3 is 0 Å². The molecule has 0 heterocycles. The Balaban J connectivity index is 2.05. The van der Waals surface area contributed by atoms with Gasteiger partial charge in [0, 0.05) is 18.5 Å². The van der Waals surface area contributed by atoms with Gasteiger partial charge in [-0.25, -0.2) is 0 Å². The monoisotopic (exact) mass is 254 g/mol. The van der Waals surface area contributed by atoms with Crippen molar-refractivity contribution in [1.29, 1.82) is 0 Å². The van der Waals surface area contributed by atoms with Crippen LogP contribution in [-0.4, -0.2) is 24.5 Å². The molecular formula is C15H30N2O. The summed E-state index contributed by atoms with van der Waals surface area (Å²) >= 11 is 0. The molecule has 2 N–H and O–H groups in total. The van der Waals surface area contributed by atoms with Crippen molar-refractivity contribution in [2.75, 3.05) is 13.1 Å². The van der Waals surface area contributed by atoms with Gasteiger partial charge in [0.1, 0.15) is 0 Å². The first-order valence-corrected chi connectivity index (χ1v) is 7.49. The third-order valence-corrected chi connectivity index (χ3v) is 3.45. The Kier molecular flexibility index (Phi) is 6.69. The van der Waals surface area contributed by atoms with Crippen molar-refractivity contribution in [3.8, 4) is 0 Å². The molecule has 0 bridgehead atoms. The van der Waals surface area contributed by atoms with E-state index in [1.807, 2.05) is 20.8 Å². The summed E-state index contributed by atoms with van der Waals surface area (Å²) in [6, 6.07) is 0. The van der Waals surface area contributed by atoms with Crippen LogP contribution in [0.15, 0.2) is 0 Å². The van der Waals surface area contributed by atoms with E-state index in [0.717, 1.165) is 19.0 Å². The summed E-state index contributed by atoms with van der Waals surface area (Å²) in [5.74, 6) is 0.981. The van der Waals surface area contributed by atoms with Crippen molar-refractivity contribution in [3.05, 3.63) is 0 Å². The minimum Gasteiger partial charge on any atom is -0.351 e. The largest absolute Gasteiger partial charge is 0.351 e. The van der Waals surface area contributed by atoms with E-state index in [1.54, 1.807) is 0 Å². The van der Waals surface area contributed by atoms with Crippen LogP contribution < -0.4 is 10.6 Å². The van der Waals surface area contributed by atoms with E-state index in [4.69, 9.17) is 0 Å². The second-order valence-corrected chi connectivity index (χ2v) is 6.61. The lowest BCUT2D eigenvalue weighted by Crippen LogP contribution is -2.41. The number of hydrogen-bond donors (Lipinski definition) is 2. The Bertz CT molecular complexity index is 237. The smallest absolute Gasteiger partial charge is 0.221 e. The van der Waals surface area contributed by atoms with E-state index in [0.29, 0.717) is 6.42 Å². The summed E-state index contributed by atoms with van der Waals surface area (Å²) in [4.78, 5) is 11.6. The van der Waals surface area contributed by atoms with Crippen LogP contribution in [0.5, 0.6) is 0 Å². The molecule has 3 nitrogen and oxygen atoms in total. The highest BCUT2D eigenvalue weighted by atomic mass is 16.1. The van der Waals surface area contributed by atoms with Gasteiger partial charge in [-0.15, -0.1) is 0 Å². The lowest BCUT2D eigenvalue weighted by Gasteiger charge is -2.21. The van der Waals surface area contributed by atoms with Gasteiger partial charge in [0.15, 0.2) is 0 Å². The quantitative estimate of drug-likeness (QED) is 0.585. The van der Waals surface area contributed by atoms with Crippen LogP contribution in [-0.2, 0) is 4.79 Å². The third-order valence-electron chi connectivity index (χ3n) is 3.45. The first-order chi connectivity index (χ1) is 8.47. The molecule has 0 aliphatic heterocycles. The zero-order valence-electron chi connectivity index (χ0n) is 12.3. The molecule has 1 fully saturated rings. The predicted octanol–water partition coefficient (Wildman–Crippen LogP) is 2.85. The Morgan fingerprint density at radius 2 is 1.72 bits per heavy atom. The molecule has 1 saturated carbocycles. The minimum atomic E-state index is -0.113. The molecule has 1 aliphatic carbocycles. The van der Waals surface area contributed by atoms with Crippen molar-refractivity contribution in [1.82, 2.24) is 10.6 Å². The number of carbonyl (C=O) groups is 1. The summed E-state index contributed by atoms with van der Waals surface area (Å²) in [5, 5.41) is 6.43. The van der Waals surface area contributed by atoms with Gasteiger partial charge in [-0.05, 0) is 46.1 Å². The van der Waals surface area contributed by atoms with E-state index >= 15 is 0 Å². The third kappa shape index (κ3) is 7.70. The highest BCUT2D eigenvalue weighted by molar-refractivity contribution is 5.76. The standard InChI is InChI=1S/C15H30N2O/c1-15(2,3)17-14(18)10-11-16-12-13-8-6-4-5-7-9-13/h13,16H,4-12H2,1-3H3,(H,17,18). The molecule has 0 atom stereocenters. The molecule has 1 aliphatic rings. The van der Waals surface area contributed by atoms with E-state index < -0.39 is 0 Å². The maximum Gasteiger partial charge on any atom is 0.221 e.